The van der Waals surface area contributed by atoms with Crippen LogP contribution in [-0.4, -0.2) is 39.1 Å². The lowest BCUT2D eigenvalue weighted by Crippen LogP contribution is -2.26. The molecule has 0 aliphatic heterocycles. The van der Waals surface area contributed by atoms with Crippen LogP contribution < -0.4 is 0 Å². The summed E-state index contributed by atoms with van der Waals surface area (Å²) in [6, 6.07) is 0. The molecule has 0 aliphatic rings. The van der Waals surface area contributed by atoms with Crippen molar-refractivity contribution in [2.75, 3.05) is 0 Å². The van der Waals surface area contributed by atoms with Crippen molar-refractivity contribution in [1.82, 2.24) is 0 Å². The summed E-state index contributed by atoms with van der Waals surface area (Å²) in [5.74, 6) is 0. The number of hydrogen-bond acceptors (Lipinski definition) is 2. The summed E-state index contributed by atoms with van der Waals surface area (Å²) in [6.45, 7) is 8.86. The second-order valence-electron chi connectivity index (χ2n) is 2.95. The first-order chi connectivity index (χ1) is 4.47. The van der Waals surface area contributed by atoms with Gasteiger partial charge in [0.15, 0.2) is 8.32 Å². The molecule has 0 aliphatic carbocycles. The molecule has 0 aromatic carbocycles. The third kappa shape index (κ3) is 23.3. The first-order valence-electron chi connectivity index (χ1n) is 3.52. The molecule has 0 bridgehead atoms. The maximum atomic E-state index is 5.51. The standard InChI is InChI=1S/C4H14OSi2.H6OSi2/c1-6-5-7(2,3)4;2-1-3/h6H2,1-4H3;2-3H3. The largest absolute Gasteiger partial charge is 0.471 e. The number of hydrogen-bond donors (Lipinski definition) is 0. The maximum Gasteiger partial charge on any atom is 0.169 e. The molecule has 6 heteroatoms. The van der Waals surface area contributed by atoms with Gasteiger partial charge in [-0.15, -0.1) is 0 Å². The first kappa shape index (κ1) is 13.4. The minimum atomic E-state index is -1.10. The first-order valence-corrected chi connectivity index (χ1v) is 10.5. The Morgan fingerprint density at radius 2 is 1.50 bits per heavy atom. The van der Waals surface area contributed by atoms with Gasteiger partial charge in [-0.1, -0.05) is 6.55 Å². The molecule has 10 heavy (non-hydrogen) atoms. The van der Waals surface area contributed by atoms with E-state index in [1.165, 1.54) is 0 Å². The zero-order chi connectivity index (χ0) is 8.62. The fourth-order valence-electron chi connectivity index (χ4n) is 0.433. The molecule has 0 rings (SSSR count). The Balaban J connectivity index is 0. The Bertz CT molecular complexity index is 62.8. The number of rotatable bonds is 2. The quantitative estimate of drug-likeness (QED) is 0.521. The molecule has 0 fully saturated rings. The van der Waals surface area contributed by atoms with E-state index in [1.54, 1.807) is 0 Å². The van der Waals surface area contributed by atoms with Crippen molar-refractivity contribution in [2.24, 2.45) is 0 Å². The lowest BCUT2D eigenvalue weighted by molar-refractivity contribution is 0.603. The lowest BCUT2D eigenvalue weighted by atomic mass is 11.8. The maximum absolute atomic E-state index is 5.51. The van der Waals surface area contributed by atoms with Crippen LogP contribution in [0.25, 0.3) is 0 Å². The lowest BCUT2D eigenvalue weighted by Gasteiger charge is -2.14. The molecule has 0 aromatic heterocycles. The van der Waals surface area contributed by atoms with Gasteiger partial charge in [0.1, 0.15) is 30.7 Å². The smallest absolute Gasteiger partial charge is 0.169 e. The van der Waals surface area contributed by atoms with Gasteiger partial charge in [0.05, 0.1) is 0 Å². The molecular formula is C4H20O2Si4. The zero-order valence-corrected chi connectivity index (χ0v) is 14.4. The van der Waals surface area contributed by atoms with E-state index in [-0.39, 0.29) is 9.76 Å². The summed E-state index contributed by atoms with van der Waals surface area (Å²) in [4.78, 5) is 0. The van der Waals surface area contributed by atoms with E-state index in [0.717, 1.165) is 21.0 Å². The van der Waals surface area contributed by atoms with Crippen LogP contribution in [0.4, 0.5) is 0 Å². The van der Waals surface area contributed by atoms with E-state index in [0.29, 0.717) is 0 Å². The van der Waals surface area contributed by atoms with Crippen LogP contribution >= 0.6 is 0 Å². The molecule has 0 aromatic rings. The van der Waals surface area contributed by atoms with Crippen LogP contribution in [0, 0.1) is 0 Å². The highest BCUT2D eigenvalue weighted by molar-refractivity contribution is 6.73. The third-order valence-electron chi connectivity index (χ3n) is 0.577. The Hall–Kier alpha value is 0.788. The Morgan fingerprint density at radius 1 is 1.20 bits per heavy atom. The highest BCUT2D eigenvalue weighted by Gasteiger charge is 2.10. The van der Waals surface area contributed by atoms with Crippen molar-refractivity contribution in [3.8, 4) is 0 Å². The SMILES string of the molecule is C[SiH2]O[Si](C)(C)C.[SiH3]O[SiH3]. The molecule has 0 saturated carbocycles. The highest BCUT2D eigenvalue weighted by Crippen LogP contribution is 1.99. The Morgan fingerprint density at radius 3 is 1.50 bits per heavy atom. The molecule has 0 spiro atoms. The van der Waals surface area contributed by atoms with Crippen molar-refractivity contribution in [3.05, 3.63) is 0 Å². The van der Waals surface area contributed by atoms with E-state index in [4.69, 9.17) is 4.12 Å². The average molecular weight is 213 g/mol. The molecule has 0 radical (unpaired) electrons. The van der Waals surface area contributed by atoms with Crippen molar-refractivity contribution in [1.29, 1.82) is 0 Å². The Kier molecular flexibility index (Phi) is 10.6. The Labute approximate surface area is 73.9 Å². The summed E-state index contributed by atoms with van der Waals surface area (Å²) in [5, 5.41) is 0. The van der Waals surface area contributed by atoms with Gasteiger partial charge in [0, 0.05) is 0 Å². The monoisotopic (exact) mass is 212 g/mol. The van der Waals surface area contributed by atoms with E-state index in [2.05, 4.69) is 30.3 Å². The molecule has 2 nitrogen and oxygen atoms in total. The molecular weight excluding hydrogens is 192 g/mol. The van der Waals surface area contributed by atoms with E-state index in [1.807, 2.05) is 0 Å². The summed E-state index contributed by atoms with van der Waals surface area (Å²) in [6.07, 6.45) is 0. The second kappa shape index (κ2) is 7.89. The molecule has 0 unspecified atom stereocenters. The van der Waals surface area contributed by atoms with Gasteiger partial charge >= 0.3 is 0 Å². The van der Waals surface area contributed by atoms with Gasteiger partial charge in [0.25, 0.3) is 0 Å². The van der Waals surface area contributed by atoms with Gasteiger partial charge in [-0.05, 0) is 19.6 Å². The highest BCUT2D eigenvalue weighted by atomic mass is 28.4. The van der Waals surface area contributed by atoms with Crippen LogP contribution in [0.5, 0.6) is 0 Å². The summed E-state index contributed by atoms with van der Waals surface area (Å²) >= 11 is 0. The summed E-state index contributed by atoms with van der Waals surface area (Å²) < 4.78 is 10.0. The predicted molar refractivity (Wildman–Crippen MR) is 59.8 cm³/mol. The van der Waals surface area contributed by atoms with Gasteiger partial charge in [-0.2, -0.15) is 0 Å². The van der Waals surface area contributed by atoms with Gasteiger partial charge < -0.3 is 8.23 Å². The van der Waals surface area contributed by atoms with Crippen LogP contribution in [0.1, 0.15) is 0 Å². The van der Waals surface area contributed by atoms with Gasteiger partial charge in [0.2, 0.25) is 0 Å². The fraction of sp³-hybridized carbons (Fsp3) is 1.00. The van der Waals surface area contributed by atoms with Crippen molar-refractivity contribution < 1.29 is 8.23 Å². The molecule has 0 amide bonds. The molecule has 0 heterocycles. The minimum Gasteiger partial charge on any atom is -0.471 e. The predicted octanol–water partition coefficient (Wildman–Crippen LogP) is -1.47. The van der Waals surface area contributed by atoms with Crippen molar-refractivity contribution in [3.63, 3.8) is 0 Å². The van der Waals surface area contributed by atoms with Crippen LogP contribution in [0.15, 0.2) is 0 Å². The fourth-order valence-corrected chi connectivity index (χ4v) is 3.90. The molecule has 0 saturated heterocycles. The van der Waals surface area contributed by atoms with Crippen LogP contribution in [0.3, 0.4) is 0 Å². The summed E-state index contributed by atoms with van der Waals surface area (Å²) in [7, 11) is 0.637. The molecule has 0 N–H and O–H groups in total. The third-order valence-corrected chi connectivity index (χ3v) is 5.20. The van der Waals surface area contributed by atoms with Crippen LogP contribution in [0.2, 0.25) is 26.2 Å². The van der Waals surface area contributed by atoms with Crippen molar-refractivity contribution in [2.45, 2.75) is 26.2 Å². The average Bonchev–Trinajstić information content (AvgIpc) is 1.63. The topological polar surface area (TPSA) is 18.5 Å². The molecule has 0 atom stereocenters. The van der Waals surface area contributed by atoms with E-state index in [9.17, 15) is 0 Å². The normalized spacial score (nSPS) is 12.0. The summed E-state index contributed by atoms with van der Waals surface area (Å²) in [5.41, 5.74) is 0. The second-order valence-corrected chi connectivity index (χ2v) is 12.2. The van der Waals surface area contributed by atoms with E-state index < -0.39 is 8.32 Å². The van der Waals surface area contributed by atoms with Crippen molar-refractivity contribution >= 4 is 39.1 Å². The van der Waals surface area contributed by atoms with Gasteiger partial charge in [-0.25, -0.2) is 0 Å². The molecule has 64 valence electrons. The minimum absolute atomic E-state index is 0.128. The van der Waals surface area contributed by atoms with E-state index >= 15 is 0 Å². The van der Waals surface area contributed by atoms with Gasteiger partial charge in [-0.3, -0.25) is 0 Å². The van der Waals surface area contributed by atoms with Crippen LogP contribution in [-0.2, 0) is 8.23 Å². The zero-order valence-electron chi connectivity index (χ0n) is 8.02.